The molecule has 0 saturated heterocycles. The number of amides is 1. The molecule has 1 amide bonds. The number of fused-ring (bicyclic) bond motifs is 1. The summed E-state index contributed by atoms with van der Waals surface area (Å²) in [6.45, 7) is 0.278. The van der Waals surface area contributed by atoms with E-state index >= 15 is 0 Å². The Morgan fingerprint density at radius 3 is 2.70 bits per heavy atom. The molecule has 2 atom stereocenters. The summed E-state index contributed by atoms with van der Waals surface area (Å²) >= 11 is 0. The van der Waals surface area contributed by atoms with Gasteiger partial charge in [-0.05, 0) is 34.2 Å². The molecule has 2 N–H and O–H groups in total. The fourth-order valence-corrected chi connectivity index (χ4v) is 3.13. The summed E-state index contributed by atoms with van der Waals surface area (Å²) in [5, 5.41) is 15.0. The molecular weight excluding hydrogens is 292 g/mol. The van der Waals surface area contributed by atoms with E-state index in [1.54, 1.807) is 0 Å². The maximum absolute atomic E-state index is 10.5. The summed E-state index contributed by atoms with van der Waals surface area (Å²) in [5.41, 5.74) is 13.2. The highest BCUT2D eigenvalue weighted by Crippen LogP contribution is 2.44. The van der Waals surface area contributed by atoms with E-state index in [-0.39, 0.29) is 18.5 Å². The van der Waals surface area contributed by atoms with Crippen LogP contribution in [0.2, 0.25) is 0 Å². The van der Waals surface area contributed by atoms with Crippen molar-refractivity contribution in [3.05, 3.63) is 81.2 Å². The normalized spacial score (nSPS) is 18.8. The minimum atomic E-state index is -1.04. The highest BCUT2D eigenvalue weighted by molar-refractivity contribution is 5.64. The molecule has 1 aliphatic rings. The lowest BCUT2D eigenvalue weighted by atomic mass is 9.92. The summed E-state index contributed by atoms with van der Waals surface area (Å²) < 4.78 is 0. The third kappa shape index (κ3) is 3.12. The van der Waals surface area contributed by atoms with E-state index in [1.165, 1.54) is 5.56 Å². The van der Waals surface area contributed by atoms with Crippen molar-refractivity contribution in [1.29, 1.82) is 0 Å². The van der Waals surface area contributed by atoms with E-state index in [1.807, 2.05) is 42.5 Å². The molecule has 6 nitrogen and oxygen atoms in total. The Kier molecular flexibility index (Phi) is 4.17. The van der Waals surface area contributed by atoms with Gasteiger partial charge in [-0.2, -0.15) is 0 Å². The second-order valence-electron chi connectivity index (χ2n) is 5.56. The fourth-order valence-electron chi connectivity index (χ4n) is 3.13. The number of nitrogens with one attached hydrogen (secondary N) is 1. The van der Waals surface area contributed by atoms with Gasteiger partial charge in [0.15, 0.2) is 0 Å². The van der Waals surface area contributed by atoms with Gasteiger partial charge in [-0.1, -0.05) is 53.6 Å². The largest absolute Gasteiger partial charge is 0.465 e. The maximum Gasteiger partial charge on any atom is 0.404 e. The van der Waals surface area contributed by atoms with E-state index in [4.69, 9.17) is 10.6 Å². The lowest BCUT2D eigenvalue weighted by Gasteiger charge is -2.16. The summed E-state index contributed by atoms with van der Waals surface area (Å²) in [5.74, 6) is 0.116. The van der Waals surface area contributed by atoms with Crippen LogP contribution in [0, 0.1) is 0 Å². The first kappa shape index (κ1) is 14.9. The molecule has 0 aromatic heterocycles. The van der Waals surface area contributed by atoms with Crippen molar-refractivity contribution in [1.82, 2.24) is 5.32 Å². The van der Waals surface area contributed by atoms with Crippen LogP contribution in [0.3, 0.4) is 0 Å². The molecule has 0 fully saturated rings. The average Bonchev–Trinajstić information content (AvgIpc) is 2.93. The van der Waals surface area contributed by atoms with E-state index < -0.39 is 6.09 Å². The third-order valence-corrected chi connectivity index (χ3v) is 4.22. The topological polar surface area (TPSA) is 98.1 Å². The quantitative estimate of drug-likeness (QED) is 0.504. The van der Waals surface area contributed by atoms with Crippen LogP contribution in [0.1, 0.15) is 34.2 Å². The average molecular weight is 308 g/mol. The molecule has 2 unspecified atom stereocenters. The van der Waals surface area contributed by atoms with Crippen molar-refractivity contribution >= 4 is 6.09 Å². The van der Waals surface area contributed by atoms with Crippen LogP contribution in [0.4, 0.5) is 4.79 Å². The molecule has 1 aliphatic carbocycles. The molecule has 6 heteroatoms. The minimum absolute atomic E-state index is 0.116. The predicted molar refractivity (Wildman–Crippen MR) is 86.1 cm³/mol. The number of rotatable bonds is 4. The van der Waals surface area contributed by atoms with Crippen molar-refractivity contribution in [3.8, 4) is 0 Å². The third-order valence-electron chi connectivity index (χ3n) is 4.22. The van der Waals surface area contributed by atoms with Gasteiger partial charge in [0.05, 0.1) is 6.04 Å². The highest BCUT2D eigenvalue weighted by atomic mass is 16.4. The fraction of sp³-hybridized carbons (Fsp3) is 0.235. The summed E-state index contributed by atoms with van der Waals surface area (Å²) in [6, 6.07) is 15.6. The molecule has 116 valence electrons. The van der Waals surface area contributed by atoms with Crippen LogP contribution in [0.5, 0.6) is 0 Å². The number of nitrogens with zero attached hydrogens (tertiary/aromatic N) is 3. The monoisotopic (exact) mass is 308 g/mol. The highest BCUT2D eigenvalue weighted by Gasteiger charge is 2.32. The maximum atomic E-state index is 10.5. The molecule has 0 spiro atoms. The molecule has 0 bridgehead atoms. The Morgan fingerprint density at radius 1 is 1.26 bits per heavy atom. The summed E-state index contributed by atoms with van der Waals surface area (Å²) in [7, 11) is 0. The Morgan fingerprint density at radius 2 is 2.00 bits per heavy atom. The number of azide groups is 1. The zero-order valence-corrected chi connectivity index (χ0v) is 12.4. The molecule has 0 saturated carbocycles. The molecule has 23 heavy (non-hydrogen) atoms. The van der Waals surface area contributed by atoms with Crippen molar-refractivity contribution in [2.45, 2.75) is 24.9 Å². The second kappa shape index (κ2) is 6.42. The SMILES string of the molecule is [N-]=[N+]=NC1c2ccccc2CC1c1ccc(CNC(=O)O)cc1. The van der Waals surface area contributed by atoms with Crippen molar-refractivity contribution < 1.29 is 9.90 Å². The first-order valence-electron chi connectivity index (χ1n) is 7.36. The van der Waals surface area contributed by atoms with Crippen LogP contribution in [0.25, 0.3) is 10.4 Å². The number of carbonyl (C=O) groups is 1. The van der Waals surface area contributed by atoms with E-state index in [2.05, 4.69) is 21.4 Å². The van der Waals surface area contributed by atoms with Gasteiger partial charge in [0.25, 0.3) is 0 Å². The van der Waals surface area contributed by atoms with Crippen LogP contribution in [-0.2, 0) is 13.0 Å². The number of benzene rings is 2. The van der Waals surface area contributed by atoms with E-state index in [9.17, 15) is 4.79 Å². The molecular formula is C17H16N4O2. The lowest BCUT2D eigenvalue weighted by molar-refractivity contribution is 0.194. The van der Waals surface area contributed by atoms with Crippen molar-refractivity contribution in [2.75, 3.05) is 0 Å². The van der Waals surface area contributed by atoms with Crippen molar-refractivity contribution in [3.63, 3.8) is 0 Å². The van der Waals surface area contributed by atoms with Crippen LogP contribution in [0.15, 0.2) is 53.6 Å². The number of carboxylic acid groups (broad SMARTS) is 1. The van der Waals surface area contributed by atoms with Crippen LogP contribution >= 0.6 is 0 Å². The van der Waals surface area contributed by atoms with Gasteiger partial charge in [0.2, 0.25) is 0 Å². The van der Waals surface area contributed by atoms with Gasteiger partial charge in [0, 0.05) is 17.4 Å². The van der Waals surface area contributed by atoms with Gasteiger partial charge in [-0.3, -0.25) is 0 Å². The Balaban J connectivity index is 1.84. The van der Waals surface area contributed by atoms with Gasteiger partial charge in [-0.25, -0.2) is 4.79 Å². The molecule has 2 aromatic rings. The van der Waals surface area contributed by atoms with Crippen LogP contribution in [-0.4, -0.2) is 11.2 Å². The van der Waals surface area contributed by atoms with Gasteiger partial charge in [0.1, 0.15) is 0 Å². The summed E-state index contributed by atoms with van der Waals surface area (Å²) in [4.78, 5) is 13.5. The molecule has 0 radical (unpaired) electrons. The lowest BCUT2D eigenvalue weighted by Crippen LogP contribution is -2.19. The number of hydrogen-bond donors (Lipinski definition) is 2. The number of hydrogen-bond acceptors (Lipinski definition) is 2. The van der Waals surface area contributed by atoms with E-state index in [0.29, 0.717) is 0 Å². The molecule has 2 aromatic carbocycles. The Hall–Kier alpha value is -2.98. The molecule has 3 rings (SSSR count). The second-order valence-corrected chi connectivity index (χ2v) is 5.56. The predicted octanol–water partition coefficient (Wildman–Crippen LogP) is 4.15. The Bertz CT molecular complexity index is 766. The zero-order valence-electron chi connectivity index (χ0n) is 12.4. The smallest absolute Gasteiger partial charge is 0.404 e. The first-order chi connectivity index (χ1) is 11.2. The van der Waals surface area contributed by atoms with E-state index in [0.717, 1.165) is 23.1 Å². The first-order valence-corrected chi connectivity index (χ1v) is 7.36. The van der Waals surface area contributed by atoms with Gasteiger partial charge < -0.3 is 10.4 Å². The minimum Gasteiger partial charge on any atom is -0.465 e. The zero-order chi connectivity index (χ0) is 16.2. The van der Waals surface area contributed by atoms with Crippen LogP contribution < -0.4 is 5.32 Å². The van der Waals surface area contributed by atoms with Crippen molar-refractivity contribution in [2.24, 2.45) is 5.11 Å². The standard InChI is InChI=1S/C17H16N4O2/c18-21-20-16-14-4-2-1-3-13(14)9-15(16)12-7-5-11(6-8-12)10-19-17(22)23/h1-8,15-16,19H,9-10H2,(H,22,23). The molecule has 0 heterocycles. The Labute approximate surface area is 133 Å². The van der Waals surface area contributed by atoms with Gasteiger partial charge in [-0.15, -0.1) is 0 Å². The summed E-state index contributed by atoms with van der Waals surface area (Å²) in [6.07, 6.45) is -0.198. The molecule has 0 aliphatic heterocycles. The van der Waals surface area contributed by atoms with Gasteiger partial charge >= 0.3 is 6.09 Å².